The fourth-order valence-corrected chi connectivity index (χ4v) is 4.14. The Hall–Kier alpha value is -2.68. The Labute approximate surface area is 168 Å². The number of nitro groups is 1. The van der Waals surface area contributed by atoms with Crippen LogP contribution in [0, 0.1) is 10.1 Å². The Morgan fingerprint density at radius 2 is 1.96 bits per heavy atom. The molecule has 0 bridgehead atoms. The summed E-state index contributed by atoms with van der Waals surface area (Å²) in [5.41, 5.74) is 1.62. The molecule has 0 fully saturated rings. The van der Waals surface area contributed by atoms with E-state index in [-0.39, 0.29) is 17.2 Å². The largest absolute Gasteiger partial charge is 0.493 e. The summed E-state index contributed by atoms with van der Waals surface area (Å²) >= 11 is 5.54. The predicted molar refractivity (Wildman–Crippen MR) is 108 cm³/mol. The summed E-state index contributed by atoms with van der Waals surface area (Å²) in [6.45, 7) is 2.73. The molecule has 150 valence electrons. The van der Waals surface area contributed by atoms with Gasteiger partial charge in [-0.1, -0.05) is 6.92 Å². The van der Waals surface area contributed by atoms with Crippen LogP contribution in [0.15, 0.2) is 23.4 Å². The number of ketones is 1. The maximum absolute atomic E-state index is 12.8. The normalized spacial score (nSPS) is 19.2. The fourth-order valence-electron chi connectivity index (χ4n) is 3.82. The van der Waals surface area contributed by atoms with E-state index in [9.17, 15) is 14.9 Å². The topological polar surface area (TPSA) is 93.9 Å². The van der Waals surface area contributed by atoms with Crippen molar-refractivity contribution in [1.29, 1.82) is 0 Å². The number of benzene rings is 1. The van der Waals surface area contributed by atoms with Gasteiger partial charge < -0.3 is 19.7 Å². The third-order valence-electron chi connectivity index (χ3n) is 5.04. The van der Waals surface area contributed by atoms with Crippen molar-refractivity contribution in [3.8, 4) is 11.5 Å². The quantitative estimate of drug-likeness (QED) is 0.438. The van der Waals surface area contributed by atoms with E-state index >= 15 is 0 Å². The van der Waals surface area contributed by atoms with E-state index in [4.69, 9.17) is 21.7 Å². The molecule has 1 aliphatic carbocycles. The molecule has 1 aliphatic heterocycles. The van der Waals surface area contributed by atoms with Gasteiger partial charge in [0, 0.05) is 24.2 Å². The summed E-state index contributed by atoms with van der Waals surface area (Å²) in [5.74, 6) is 0.608. The first-order chi connectivity index (χ1) is 13.4. The highest BCUT2D eigenvalue weighted by Crippen LogP contribution is 2.43. The number of allylic oxidation sites excluding steroid dienone is 1. The number of Topliss-reactive ketones (excluding diaryl/α,β-unsaturated/α-hetero) is 1. The molecule has 1 aromatic carbocycles. The average molecular weight is 405 g/mol. The summed E-state index contributed by atoms with van der Waals surface area (Å²) in [6, 6.07) is 2.19. The van der Waals surface area contributed by atoms with Gasteiger partial charge in [-0.05, 0) is 37.5 Å². The molecule has 0 spiro atoms. The monoisotopic (exact) mass is 405 g/mol. The number of nitrogens with one attached hydrogen (secondary N) is 1. The Kier molecular flexibility index (Phi) is 5.83. The number of nitrogens with zero attached hydrogens (tertiary/aromatic N) is 2. The van der Waals surface area contributed by atoms with E-state index in [0.29, 0.717) is 35.0 Å². The van der Waals surface area contributed by atoms with Crippen molar-refractivity contribution in [2.75, 3.05) is 20.8 Å². The maximum atomic E-state index is 12.8. The number of thiocarbonyl (C=S) groups is 1. The highest BCUT2D eigenvalue weighted by molar-refractivity contribution is 7.80. The first kappa shape index (κ1) is 20.1. The number of carbonyl (C=O) groups excluding carboxylic acids is 1. The minimum absolute atomic E-state index is 0.00793. The zero-order chi connectivity index (χ0) is 20.4. The molecule has 8 nitrogen and oxygen atoms in total. The SMILES string of the molecule is CCCN1C(=S)NC(c2cc(OC)c(OC)cc2[N+](=O)[O-])C2=C1CCCC2=O. The lowest BCUT2D eigenvalue weighted by atomic mass is 9.84. The first-order valence-corrected chi connectivity index (χ1v) is 9.58. The molecule has 0 saturated carbocycles. The second-order valence-electron chi connectivity index (χ2n) is 6.69. The van der Waals surface area contributed by atoms with Crippen molar-refractivity contribution in [2.45, 2.75) is 38.6 Å². The summed E-state index contributed by atoms with van der Waals surface area (Å²) in [5, 5.41) is 15.4. The third-order valence-corrected chi connectivity index (χ3v) is 5.38. The summed E-state index contributed by atoms with van der Waals surface area (Å²) in [7, 11) is 2.88. The minimum Gasteiger partial charge on any atom is -0.493 e. The average Bonchev–Trinajstić information content (AvgIpc) is 2.68. The lowest BCUT2D eigenvalue weighted by Crippen LogP contribution is -2.49. The number of rotatable bonds is 6. The number of nitro benzene ring substituents is 1. The zero-order valence-corrected chi connectivity index (χ0v) is 16.9. The molecule has 9 heteroatoms. The molecule has 1 aromatic rings. The van der Waals surface area contributed by atoms with Gasteiger partial charge in [-0.2, -0.15) is 0 Å². The molecule has 2 aliphatic rings. The van der Waals surface area contributed by atoms with Gasteiger partial charge in [-0.15, -0.1) is 0 Å². The number of hydrogen-bond acceptors (Lipinski definition) is 6. The molecule has 1 N–H and O–H groups in total. The van der Waals surface area contributed by atoms with Crippen LogP contribution in [0.5, 0.6) is 11.5 Å². The summed E-state index contributed by atoms with van der Waals surface area (Å²) < 4.78 is 10.5. The highest BCUT2D eigenvalue weighted by atomic mass is 32.1. The number of hydrogen-bond donors (Lipinski definition) is 1. The molecule has 0 aromatic heterocycles. The van der Waals surface area contributed by atoms with Crippen LogP contribution >= 0.6 is 12.2 Å². The van der Waals surface area contributed by atoms with E-state index in [1.165, 1.54) is 20.3 Å². The van der Waals surface area contributed by atoms with Gasteiger partial charge in [0.05, 0.1) is 36.8 Å². The van der Waals surface area contributed by atoms with Crippen LogP contribution in [0.4, 0.5) is 5.69 Å². The van der Waals surface area contributed by atoms with E-state index < -0.39 is 11.0 Å². The van der Waals surface area contributed by atoms with Gasteiger partial charge in [-0.3, -0.25) is 14.9 Å². The van der Waals surface area contributed by atoms with Crippen LogP contribution in [-0.2, 0) is 4.79 Å². The Balaban J connectivity index is 2.22. The molecule has 3 rings (SSSR count). The Morgan fingerprint density at radius 1 is 1.29 bits per heavy atom. The number of ether oxygens (including phenoxy) is 2. The van der Waals surface area contributed by atoms with Crippen LogP contribution in [0.3, 0.4) is 0 Å². The molecule has 0 amide bonds. The van der Waals surface area contributed by atoms with Crippen LogP contribution in [0.25, 0.3) is 0 Å². The highest BCUT2D eigenvalue weighted by Gasteiger charge is 2.40. The van der Waals surface area contributed by atoms with Crippen LogP contribution in [0.2, 0.25) is 0 Å². The van der Waals surface area contributed by atoms with Gasteiger partial charge in [0.15, 0.2) is 22.4 Å². The van der Waals surface area contributed by atoms with Gasteiger partial charge in [0.25, 0.3) is 5.69 Å². The summed E-state index contributed by atoms with van der Waals surface area (Å²) in [4.78, 5) is 26.1. The number of methoxy groups -OCH3 is 2. The fraction of sp³-hybridized carbons (Fsp3) is 0.474. The van der Waals surface area contributed by atoms with Gasteiger partial charge in [-0.25, -0.2) is 0 Å². The van der Waals surface area contributed by atoms with Crippen LogP contribution < -0.4 is 14.8 Å². The molecule has 0 saturated heterocycles. The predicted octanol–water partition coefficient (Wildman–Crippen LogP) is 3.26. The third kappa shape index (κ3) is 3.42. The minimum atomic E-state index is -0.691. The van der Waals surface area contributed by atoms with E-state index in [1.54, 1.807) is 6.07 Å². The second kappa shape index (κ2) is 8.14. The van der Waals surface area contributed by atoms with Gasteiger partial charge >= 0.3 is 0 Å². The molecule has 1 unspecified atom stereocenters. The van der Waals surface area contributed by atoms with Crippen molar-refractivity contribution in [1.82, 2.24) is 10.2 Å². The molecule has 0 radical (unpaired) electrons. The van der Waals surface area contributed by atoms with Crippen molar-refractivity contribution in [3.63, 3.8) is 0 Å². The molecule has 1 heterocycles. The van der Waals surface area contributed by atoms with Crippen LogP contribution in [-0.4, -0.2) is 41.5 Å². The summed E-state index contributed by atoms with van der Waals surface area (Å²) in [6.07, 6.45) is 2.76. The molecule has 28 heavy (non-hydrogen) atoms. The van der Waals surface area contributed by atoms with E-state index in [1.807, 2.05) is 11.8 Å². The lowest BCUT2D eigenvalue weighted by Gasteiger charge is -2.40. The molecular weight excluding hydrogens is 382 g/mol. The smallest absolute Gasteiger partial charge is 0.279 e. The van der Waals surface area contributed by atoms with E-state index in [2.05, 4.69) is 5.32 Å². The Bertz CT molecular complexity index is 867. The lowest BCUT2D eigenvalue weighted by molar-refractivity contribution is -0.385. The van der Waals surface area contributed by atoms with Crippen LogP contribution in [0.1, 0.15) is 44.2 Å². The molecular formula is C19H23N3O5S. The van der Waals surface area contributed by atoms with Crippen molar-refractivity contribution in [2.24, 2.45) is 0 Å². The maximum Gasteiger partial charge on any atom is 0.279 e. The van der Waals surface area contributed by atoms with Gasteiger partial charge in [0.2, 0.25) is 0 Å². The van der Waals surface area contributed by atoms with Gasteiger partial charge in [0.1, 0.15) is 0 Å². The number of carbonyl (C=O) groups is 1. The Morgan fingerprint density at radius 3 is 2.57 bits per heavy atom. The molecule has 1 atom stereocenters. The van der Waals surface area contributed by atoms with Crippen molar-refractivity contribution >= 4 is 28.8 Å². The van der Waals surface area contributed by atoms with E-state index in [0.717, 1.165) is 25.0 Å². The zero-order valence-electron chi connectivity index (χ0n) is 16.1. The van der Waals surface area contributed by atoms with Crippen molar-refractivity contribution in [3.05, 3.63) is 39.1 Å². The standard InChI is InChI=1S/C19H23N3O5S/c1-4-8-21-12-6-5-7-14(23)17(12)18(20-19(21)28)11-9-15(26-2)16(27-3)10-13(11)22(24)25/h9-10,18H,4-8H2,1-3H3,(H,20,28). The first-order valence-electron chi connectivity index (χ1n) is 9.17. The second-order valence-corrected chi connectivity index (χ2v) is 7.08. The van der Waals surface area contributed by atoms with Crippen molar-refractivity contribution < 1.29 is 19.2 Å².